The molecule has 2 N–H and O–H groups in total. The van der Waals surface area contributed by atoms with Crippen LogP contribution < -0.4 is 15.4 Å². The Morgan fingerprint density at radius 3 is 2.36 bits per heavy atom. The van der Waals surface area contributed by atoms with Gasteiger partial charge in [-0.15, -0.1) is 0 Å². The summed E-state index contributed by atoms with van der Waals surface area (Å²) in [5, 5.41) is 5.87. The molecule has 0 spiro atoms. The normalized spacial score (nSPS) is 15.8. The van der Waals surface area contributed by atoms with Crippen molar-refractivity contribution in [1.29, 1.82) is 0 Å². The molecule has 1 aliphatic heterocycles. The largest absolute Gasteiger partial charge is 0.494 e. The van der Waals surface area contributed by atoms with E-state index in [1.807, 2.05) is 39.0 Å². The predicted octanol–water partition coefficient (Wildman–Crippen LogP) is 3.23. The van der Waals surface area contributed by atoms with E-state index in [9.17, 15) is 9.59 Å². The van der Waals surface area contributed by atoms with Crippen LogP contribution in [0.4, 0.5) is 5.69 Å². The first kappa shape index (κ1) is 24.7. The fourth-order valence-electron chi connectivity index (χ4n) is 3.86. The second kappa shape index (κ2) is 11.8. The number of anilines is 1. The molecule has 2 aromatic carbocycles. The Labute approximate surface area is 197 Å². The molecule has 0 aliphatic carbocycles. The highest BCUT2D eigenvalue weighted by atomic mass is 16.5. The maximum Gasteiger partial charge on any atom is 0.251 e. The van der Waals surface area contributed by atoms with E-state index in [0.29, 0.717) is 17.9 Å². The number of carbonyl (C=O) groups is 2. The van der Waals surface area contributed by atoms with Crippen LogP contribution in [0, 0.1) is 5.92 Å². The summed E-state index contributed by atoms with van der Waals surface area (Å²) in [5.74, 6) is 0.144. The third-order valence-electron chi connectivity index (χ3n) is 5.86. The molecule has 33 heavy (non-hydrogen) atoms. The van der Waals surface area contributed by atoms with Crippen LogP contribution in [0.3, 0.4) is 0 Å². The highest BCUT2D eigenvalue weighted by Gasteiger charge is 2.25. The van der Waals surface area contributed by atoms with Gasteiger partial charge in [0.1, 0.15) is 11.8 Å². The van der Waals surface area contributed by atoms with E-state index < -0.39 is 6.04 Å². The Morgan fingerprint density at radius 2 is 1.73 bits per heavy atom. The molecule has 2 aromatic rings. The predicted molar refractivity (Wildman–Crippen MR) is 132 cm³/mol. The van der Waals surface area contributed by atoms with Crippen molar-refractivity contribution in [2.75, 3.05) is 45.2 Å². The lowest BCUT2D eigenvalue weighted by Crippen LogP contribution is -2.47. The van der Waals surface area contributed by atoms with Crippen molar-refractivity contribution in [1.82, 2.24) is 15.1 Å². The van der Waals surface area contributed by atoms with Gasteiger partial charge < -0.3 is 20.3 Å². The van der Waals surface area contributed by atoms with Gasteiger partial charge in [-0.25, -0.2) is 0 Å². The highest BCUT2D eigenvalue weighted by Crippen LogP contribution is 2.16. The van der Waals surface area contributed by atoms with E-state index in [0.717, 1.165) is 44.0 Å². The molecule has 0 saturated carbocycles. The topological polar surface area (TPSA) is 73.9 Å². The monoisotopic (exact) mass is 452 g/mol. The summed E-state index contributed by atoms with van der Waals surface area (Å²) in [6, 6.07) is 14.2. The zero-order valence-corrected chi connectivity index (χ0v) is 20.1. The second-order valence-electron chi connectivity index (χ2n) is 8.92. The van der Waals surface area contributed by atoms with Crippen molar-refractivity contribution in [3.63, 3.8) is 0 Å². The maximum atomic E-state index is 13.0. The number of amides is 2. The molecular weight excluding hydrogens is 416 g/mol. The number of carbonyl (C=O) groups excluding carboxylic acids is 2. The summed E-state index contributed by atoms with van der Waals surface area (Å²) < 4.78 is 5.43. The minimum atomic E-state index is -0.648. The fraction of sp³-hybridized carbons (Fsp3) is 0.462. The van der Waals surface area contributed by atoms with E-state index in [1.165, 1.54) is 0 Å². The van der Waals surface area contributed by atoms with Gasteiger partial charge in [-0.05, 0) is 61.9 Å². The highest BCUT2D eigenvalue weighted by molar-refractivity contribution is 6.01. The summed E-state index contributed by atoms with van der Waals surface area (Å²) in [4.78, 5) is 30.5. The summed E-state index contributed by atoms with van der Waals surface area (Å²) in [5.41, 5.74) is 2.40. The number of hydrogen-bond acceptors (Lipinski definition) is 5. The van der Waals surface area contributed by atoms with Gasteiger partial charge in [0.05, 0.1) is 6.61 Å². The Kier molecular flexibility index (Phi) is 8.86. The third-order valence-corrected chi connectivity index (χ3v) is 5.86. The van der Waals surface area contributed by atoms with Crippen LogP contribution >= 0.6 is 0 Å². The van der Waals surface area contributed by atoms with Crippen molar-refractivity contribution in [2.45, 2.75) is 33.4 Å². The number of nitrogens with one attached hydrogen (secondary N) is 2. The standard InChI is InChI=1S/C26H36N4O3/c1-5-33-23-11-9-21(10-12-23)25(31)28-24(19(2)3)26(32)27-22-8-6-7-20(17-22)18-30-15-13-29(4)14-16-30/h6-12,17,19,24H,5,13-16,18H2,1-4H3,(H,27,32)(H,28,31). The van der Waals surface area contributed by atoms with Crippen molar-refractivity contribution < 1.29 is 14.3 Å². The fourth-order valence-corrected chi connectivity index (χ4v) is 3.86. The average molecular weight is 453 g/mol. The molecule has 1 heterocycles. The van der Waals surface area contributed by atoms with Crippen molar-refractivity contribution >= 4 is 17.5 Å². The molecule has 7 nitrogen and oxygen atoms in total. The maximum absolute atomic E-state index is 13.0. The van der Waals surface area contributed by atoms with Gasteiger partial charge in [-0.3, -0.25) is 14.5 Å². The van der Waals surface area contributed by atoms with E-state index in [1.54, 1.807) is 24.3 Å². The Morgan fingerprint density at radius 1 is 1.03 bits per heavy atom. The SMILES string of the molecule is CCOc1ccc(C(=O)NC(C(=O)Nc2cccc(CN3CCN(C)CC3)c2)C(C)C)cc1. The Hall–Kier alpha value is -2.90. The zero-order valence-electron chi connectivity index (χ0n) is 20.1. The number of piperazine rings is 1. The Bertz CT molecular complexity index is 921. The van der Waals surface area contributed by atoms with Gasteiger partial charge in [0.2, 0.25) is 5.91 Å². The van der Waals surface area contributed by atoms with Crippen LogP contribution in [-0.4, -0.2) is 67.5 Å². The van der Waals surface area contributed by atoms with Gasteiger partial charge >= 0.3 is 0 Å². The van der Waals surface area contributed by atoms with Gasteiger partial charge in [0.25, 0.3) is 5.91 Å². The average Bonchev–Trinajstić information content (AvgIpc) is 2.79. The molecular formula is C26H36N4O3. The summed E-state index contributed by atoms with van der Waals surface area (Å²) in [6.07, 6.45) is 0. The van der Waals surface area contributed by atoms with Gasteiger partial charge in [0, 0.05) is 44.0 Å². The number of rotatable bonds is 9. The number of ether oxygens (including phenoxy) is 1. The summed E-state index contributed by atoms with van der Waals surface area (Å²) in [6.45, 7) is 11.4. The molecule has 0 aromatic heterocycles. The number of benzene rings is 2. The van der Waals surface area contributed by atoms with Gasteiger partial charge in [-0.1, -0.05) is 26.0 Å². The first-order chi connectivity index (χ1) is 15.9. The quantitative estimate of drug-likeness (QED) is 0.611. The van der Waals surface area contributed by atoms with E-state index in [-0.39, 0.29) is 17.7 Å². The van der Waals surface area contributed by atoms with Crippen LogP contribution in [0.15, 0.2) is 48.5 Å². The molecule has 178 valence electrons. The first-order valence-electron chi connectivity index (χ1n) is 11.7. The minimum Gasteiger partial charge on any atom is -0.494 e. The molecule has 1 unspecified atom stereocenters. The minimum absolute atomic E-state index is 0.0647. The van der Waals surface area contributed by atoms with Crippen LogP contribution in [0.1, 0.15) is 36.7 Å². The molecule has 0 bridgehead atoms. The summed E-state index contributed by atoms with van der Waals surface area (Å²) >= 11 is 0. The van der Waals surface area contributed by atoms with E-state index >= 15 is 0 Å². The molecule has 0 radical (unpaired) electrons. The summed E-state index contributed by atoms with van der Waals surface area (Å²) in [7, 11) is 2.15. The molecule has 3 rings (SSSR count). The van der Waals surface area contributed by atoms with E-state index in [2.05, 4.69) is 33.5 Å². The lowest BCUT2D eigenvalue weighted by Gasteiger charge is -2.32. The zero-order chi connectivity index (χ0) is 23.8. The second-order valence-corrected chi connectivity index (χ2v) is 8.92. The van der Waals surface area contributed by atoms with Gasteiger partial charge in [0.15, 0.2) is 0 Å². The molecule has 1 saturated heterocycles. The molecule has 1 aliphatic rings. The van der Waals surface area contributed by atoms with Crippen molar-refractivity contribution in [2.24, 2.45) is 5.92 Å². The van der Waals surface area contributed by atoms with Crippen LogP contribution in [0.25, 0.3) is 0 Å². The van der Waals surface area contributed by atoms with Crippen LogP contribution in [0.2, 0.25) is 0 Å². The van der Waals surface area contributed by atoms with Gasteiger partial charge in [-0.2, -0.15) is 0 Å². The van der Waals surface area contributed by atoms with Crippen LogP contribution in [0.5, 0.6) is 5.75 Å². The molecule has 1 atom stereocenters. The lowest BCUT2D eigenvalue weighted by molar-refractivity contribution is -0.118. The first-order valence-corrected chi connectivity index (χ1v) is 11.7. The smallest absolute Gasteiger partial charge is 0.251 e. The van der Waals surface area contributed by atoms with Crippen molar-refractivity contribution in [3.8, 4) is 5.75 Å². The van der Waals surface area contributed by atoms with E-state index in [4.69, 9.17) is 4.74 Å². The molecule has 7 heteroatoms. The number of nitrogens with zero attached hydrogens (tertiary/aromatic N) is 2. The number of hydrogen-bond donors (Lipinski definition) is 2. The Balaban J connectivity index is 1.61. The lowest BCUT2D eigenvalue weighted by atomic mass is 10.0. The van der Waals surface area contributed by atoms with Crippen molar-refractivity contribution in [3.05, 3.63) is 59.7 Å². The molecule has 1 fully saturated rings. The molecule has 2 amide bonds. The third kappa shape index (κ3) is 7.30. The van der Waals surface area contributed by atoms with Crippen LogP contribution in [-0.2, 0) is 11.3 Å². The number of likely N-dealkylation sites (N-methyl/N-ethyl adjacent to an activating group) is 1.